The Kier molecular flexibility index (Phi) is 5.31. The molecule has 23 heavy (non-hydrogen) atoms. The molecular formula is C19H21ClN2O. The van der Waals surface area contributed by atoms with Gasteiger partial charge in [0.1, 0.15) is 0 Å². The molecule has 120 valence electrons. The molecule has 3 nitrogen and oxygen atoms in total. The highest BCUT2D eigenvalue weighted by atomic mass is 35.5. The summed E-state index contributed by atoms with van der Waals surface area (Å²) in [6.07, 6.45) is 2.17. The Balaban J connectivity index is 1.69. The molecule has 3 rings (SSSR count). The smallest absolute Gasteiger partial charge is 0.241 e. The first-order valence-electron chi connectivity index (χ1n) is 8.07. The Labute approximate surface area is 142 Å². The highest BCUT2D eigenvalue weighted by Gasteiger charge is 2.23. The third kappa shape index (κ3) is 4.12. The van der Waals surface area contributed by atoms with E-state index in [1.54, 1.807) is 0 Å². The summed E-state index contributed by atoms with van der Waals surface area (Å²) in [7, 11) is 0. The number of piperidine rings is 1. The van der Waals surface area contributed by atoms with Crippen LogP contribution in [-0.2, 0) is 11.2 Å². The first-order valence-corrected chi connectivity index (χ1v) is 8.41. The normalized spacial score (nSPS) is 15.3. The Morgan fingerprint density at radius 1 is 1.04 bits per heavy atom. The second-order valence-electron chi connectivity index (χ2n) is 5.93. The van der Waals surface area contributed by atoms with Crippen molar-refractivity contribution in [1.82, 2.24) is 9.74 Å². The average molecular weight is 329 g/mol. The van der Waals surface area contributed by atoms with Gasteiger partial charge in [-0.15, -0.1) is 0 Å². The number of hydrogen-bond donors (Lipinski definition) is 1. The summed E-state index contributed by atoms with van der Waals surface area (Å²) in [5.41, 5.74) is 3.28. The van der Waals surface area contributed by atoms with Crippen molar-refractivity contribution in [3.8, 4) is 11.1 Å². The lowest BCUT2D eigenvalue weighted by molar-refractivity contribution is -0.127. The Bertz CT molecular complexity index is 653. The van der Waals surface area contributed by atoms with E-state index >= 15 is 0 Å². The Morgan fingerprint density at radius 2 is 1.74 bits per heavy atom. The zero-order valence-electron chi connectivity index (χ0n) is 13.0. The van der Waals surface area contributed by atoms with Gasteiger partial charge in [0.05, 0.1) is 12.5 Å². The third-order valence-electron chi connectivity index (χ3n) is 4.26. The number of nitrogens with one attached hydrogen (secondary N) is 1. The molecule has 0 atom stereocenters. The fraction of sp³-hybridized carbons (Fsp3) is 0.316. The van der Waals surface area contributed by atoms with Crippen LogP contribution < -0.4 is 5.32 Å². The number of rotatable bonds is 4. The first kappa shape index (κ1) is 16.0. The number of nitrogens with zero attached hydrogens (tertiary/aromatic N) is 1. The quantitative estimate of drug-likeness (QED) is 0.869. The van der Waals surface area contributed by atoms with Crippen molar-refractivity contribution in [3.05, 3.63) is 60.2 Å². The maximum Gasteiger partial charge on any atom is 0.241 e. The molecule has 1 aliphatic heterocycles. The van der Waals surface area contributed by atoms with Gasteiger partial charge in [0.15, 0.2) is 0 Å². The van der Waals surface area contributed by atoms with Crippen molar-refractivity contribution in [2.75, 3.05) is 13.1 Å². The Hall–Kier alpha value is -1.84. The second-order valence-corrected chi connectivity index (χ2v) is 6.29. The molecule has 2 aromatic rings. The summed E-state index contributed by atoms with van der Waals surface area (Å²) in [5.74, 6) is -0.0243. The minimum Gasteiger partial charge on any atom is -0.317 e. The third-order valence-corrected chi connectivity index (χ3v) is 4.72. The summed E-state index contributed by atoms with van der Waals surface area (Å²) in [6, 6.07) is 18.4. The second kappa shape index (κ2) is 7.62. The largest absolute Gasteiger partial charge is 0.317 e. The Morgan fingerprint density at radius 3 is 2.48 bits per heavy atom. The maximum atomic E-state index is 12.4. The summed E-state index contributed by atoms with van der Waals surface area (Å²) < 4.78 is 1.41. The molecule has 0 aliphatic carbocycles. The molecule has 0 bridgehead atoms. The van der Waals surface area contributed by atoms with Gasteiger partial charge in [-0.1, -0.05) is 54.6 Å². The molecule has 1 aliphatic rings. The van der Waals surface area contributed by atoms with Gasteiger partial charge in [0.2, 0.25) is 5.91 Å². The molecule has 1 N–H and O–H groups in total. The molecule has 0 saturated carbocycles. The van der Waals surface area contributed by atoms with Crippen molar-refractivity contribution in [1.29, 1.82) is 0 Å². The number of halogens is 1. The first-order chi connectivity index (χ1) is 11.2. The highest BCUT2D eigenvalue weighted by Crippen LogP contribution is 2.21. The molecule has 0 radical (unpaired) electrons. The zero-order valence-corrected chi connectivity index (χ0v) is 13.8. The maximum absolute atomic E-state index is 12.4. The number of amides is 1. The van der Waals surface area contributed by atoms with Crippen molar-refractivity contribution >= 4 is 17.7 Å². The van der Waals surface area contributed by atoms with Gasteiger partial charge >= 0.3 is 0 Å². The molecule has 1 heterocycles. The molecule has 0 aromatic heterocycles. The molecule has 0 spiro atoms. The van der Waals surface area contributed by atoms with E-state index in [9.17, 15) is 4.79 Å². The zero-order chi connectivity index (χ0) is 16.1. The van der Waals surface area contributed by atoms with Crippen molar-refractivity contribution < 1.29 is 4.79 Å². The van der Waals surface area contributed by atoms with Crippen LogP contribution in [0.2, 0.25) is 0 Å². The standard InChI is InChI=1S/C19H21ClN2O/c20-22(18-9-11-21-12-10-18)19(23)14-15-5-4-8-17(13-15)16-6-2-1-3-7-16/h1-8,13,18,21H,9-12,14H2. The molecule has 1 amide bonds. The fourth-order valence-electron chi connectivity index (χ4n) is 2.98. The van der Waals surface area contributed by atoms with Gasteiger partial charge in [-0.05, 0) is 42.6 Å². The van der Waals surface area contributed by atoms with E-state index in [4.69, 9.17) is 11.8 Å². The lowest BCUT2D eigenvalue weighted by Gasteiger charge is -2.29. The van der Waals surface area contributed by atoms with Crippen LogP contribution in [0.4, 0.5) is 0 Å². The highest BCUT2D eigenvalue weighted by molar-refractivity contribution is 6.21. The van der Waals surface area contributed by atoms with Gasteiger partial charge in [0.25, 0.3) is 0 Å². The van der Waals surface area contributed by atoms with Gasteiger partial charge in [0, 0.05) is 11.8 Å². The van der Waals surface area contributed by atoms with E-state index in [0.29, 0.717) is 6.42 Å². The van der Waals surface area contributed by atoms with Crippen LogP contribution in [0.25, 0.3) is 11.1 Å². The summed E-state index contributed by atoms with van der Waals surface area (Å²) in [6.45, 7) is 1.84. The molecular weight excluding hydrogens is 308 g/mol. The summed E-state index contributed by atoms with van der Waals surface area (Å²) in [4.78, 5) is 12.4. The van der Waals surface area contributed by atoms with Crippen LogP contribution in [-0.4, -0.2) is 29.5 Å². The number of carbonyl (C=O) groups is 1. The SMILES string of the molecule is O=C(Cc1cccc(-c2ccccc2)c1)N(Cl)C1CCNCC1. The number of benzene rings is 2. The number of carbonyl (C=O) groups excluding carboxylic acids is 1. The molecule has 0 unspecified atom stereocenters. The minimum atomic E-state index is -0.0243. The molecule has 1 fully saturated rings. The van der Waals surface area contributed by atoms with Crippen molar-refractivity contribution in [2.24, 2.45) is 0 Å². The van der Waals surface area contributed by atoms with E-state index in [1.807, 2.05) is 30.3 Å². The van der Waals surface area contributed by atoms with Gasteiger partial charge in [-0.2, -0.15) is 0 Å². The lowest BCUT2D eigenvalue weighted by atomic mass is 10.0. The lowest BCUT2D eigenvalue weighted by Crippen LogP contribution is -2.41. The van der Waals surface area contributed by atoms with E-state index in [2.05, 4.69) is 29.6 Å². The summed E-state index contributed by atoms with van der Waals surface area (Å²) in [5, 5.41) is 3.29. The van der Waals surface area contributed by atoms with Gasteiger partial charge in [-0.25, -0.2) is 0 Å². The minimum absolute atomic E-state index is 0.0243. The van der Waals surface area contributed by atoms with E-state index < -0.39 is 0 Å². The van der Waals surface area contributed by atoms with Crippen molar-refractivity contribution in [3.63, 3.8) is 0 Å². The fourth-order valence-corrected chi connectivity index (χ4v) is 3.23. The monoisotopic (exact) mass is 328 g/mol. The predicted molar refractivity (Wildman–Crippen MR) is 94.2 cm³/mol. The van der Waals surface area contributed by atoms with Crippen LogP contribution in [0.15, 0.2) is 54.6 Å². The number of hydrogen-bond acceptors (Lipinski definition) is 2. The molecule has 1 saturated heterocycles. The van der Waals surface area contributed by atoms with Crippen LogP contribution >= 0.6 is 11.8 Å². The van der Waals surface area contributed by atoms with Gasteiger partial charge in [-0.3, -0.25) is 9.21 Å². The van der Waals surface area contributed by atoms with Crippen LogP contribution in [0.5, 0.6) is 0 Å². The molecule has 2 aromatic carbocycles. The molecule has 4 heteroatoms. The van der Waals surface area contributed by atoms with E-state index in [-0.39, 0.29) is 11.9 Å². The average Bonchev–Trinajstić information content (AvgIpc) is 2.63. The van der Waals surface area contributed by atoms with E-state index in [0.717, 1.165) is 42.6 Å². The topological polar surface area (TPSA) is 32.3 Å². The van der Waals surface area contributed by atoms with Crippen molar-refractivity contribution in [2.45, 2.75) is 25.3 Å². The van der Waals surface area contributed by atoms with Crippen LogP contribution in [0.3, 0.4) is 0 Å². The van der Waals surface area contributed by atoms with Crippen LogP contribution in [0, 0.1) is 0 Å². The van der Waals surface area contributed by atoms with Gasteiger partial charge < -0.3 is 5.32 Å². The summed E-state index contributed by atoms with van der Waals surface area (Å²) >= 11 is 6.27. The predicted octanol–water partition coefficient (Wildman–Crippen LogP) is 3.63. The van der Waals surface area contributed by atoms with Crippen LogP contribution in [0.1, 0.15) is 18.4 Å². The van der Waals surface area contributed by atoms with E-state index in [1.165, 1.54) is 4.42 Å².